The highest BCUT2D eigenvalue weighted by atomic mass is 19.1. The number of halogens is 1. The van der Waals surface area contributed by atoms with Crippen LogP contribution in [0, 0.1) is 11.7 Å². The minimum absolute atomic E-state index is 0.0108. The fourth-order valence-corrected chi connectivity index (χ4v) is 2.86. The highest BCUT2D eigenvalue weighted by Gasteiger charge is 2.26. The van der Waals surface area contributed by atoms with Crippen molar-refractivity contribution in [1.82, 2.24) is 4.90 Å². The number of carbonyl (C=O) groups is 2. The number of hydrogen-bond acceptors (Lipinski definition) is 4. The summed E-state index contributed by atoms with van der Waals surface area (Å²) in [6, 6.07) is 4.60. The summed E-state index contributed by atoms with van der Waals surface area (Å²) < 4.78 is 18.7. The maximum Gasteiger partial charge on any atom is 0.225 e. The molecular weight excluding hydrogens is 299 g/mol. The first kappa shape index (κ1) is 17.2. The van der Waals surface area contributed by atoms with E-state index in [0.717, 1.165) is 5.69 Å². The number of Topliss-reactive ketones (excluding diaryl/α,β-unsaturated/α-hetero) is 1. The standard InChI is InChI=1S/C17H23FN2O3/c1-12(8-13(2)21)17(22)20-6-4-19(5-7-20)15-9-14(18)10-16(11-15)23-3/h9-12H,4-8H2,1-3H3. The molecule has 1 aromatic rings. The summed E-state index contributed by atoms with van der Waals surface area (Å²) in [5.41, 5.74) is 0.755. The summed E-state index contributed by atoms with van der Waals surface area (Å²) in [5, 5.41) is 0. The van der Waals surface area contributed by atoms with Gasteiger partial charge in [0.1, 0.15) is 17.3 Å². The molecule has 0 bridgehead atoms. The van der Waals surface area contributed by atoms with Gasteiger partial charge in [-0.05, 0) is 13.0 Å². The Balaban J connectivity index is 1.97. The third-order valence-corrected chi connectivity index (χ3v) is 4.06. The first-order valence-corrected chi connectivity index (χ1v) is 7.78. The van der Waals surface area contributed by atoms with Crippen LogP contribution in [0.2, 0.25) is 0 Å². The Labute approximate surface area is 136 Å². The Hall–Kier alpha value is -2.11. The van der Waals surface area contributed by atoms with Crippen LogP contribution in [0.4, 0.5) is 10.1 Å². The monoisotopic (exact) mass is 322 g/mol. The van der Waals surface area contributed by atoms with Gasteiger partial charge >= 0.3 is 0 Å². The molecule has 23 heavy (non-hydrogen) atoms. The van der Waals surface area contributed by atoms with E-state index in [1.165, 1.54) is 26.2 Å². The van der Waals surface area contributed by atoms with Crippen molar-refractivity contribution in [2.24, 2.45) is 5.92 Å². The Bertz CT molecular complexity index is 583. The summed E-state index contributed by atoms with van der Waals surface area (Å²) in [5.74, 6) is -0.108. The minimum Gasteiger partial charge on any atom is -0.497 e. The molecule has 1 fully saturated rings. The number of ketones is 1. The van der Waals surface area contributed by atoms with E-state index in [4.69, 9.17) is 4.74 Å². The number of amides is 1. The highest BCUT2D eigenvalue weighted by molar-refractivity contribution is 5.85. The zero-order valence-corrected chi connectivity index (χ0v) is 13.8. The van der Waals surface area contributed by atoms with Crippen LogP contribution in [-0.2, 0) is 9.59 Å². The number of nitrogens with zero attached hydrogens (tertiary/aromatic N) is 2. The number of ether oxygens (including phenoxy) is 1. The average Bonchev–Trinajstić information content (AvgIpc) is 2.53. The molecule has 1 atom stereocenters. The number of hydrogen-bond donors (Lipinski definition) is 0. The molecule has 1 saturated heterocycles. The molecule has 5 nitrogen and oxygen atoms in total. The summed E-state index contributed by atoms with van der Waals surface area (Å²) in [6.07, 6.45) is 0.278. The molecule has 0 spiro atoms. The normalized spacial score (nSPS) is 16.2. The van der Waals surface area contributed by atoms with Crippen molar-refractivity contribution < 1.29 is 18.7 Å². The Kier molecular flexibility index (Phi) is 5.58. The second-order valence-corrected chi connectivity index (χ2v) is 5.97. The lowest BCUT2D eigenvalue weighted by Gasteiger charge is -2.37. The smallest absolute Gasteiger partial charge is 0.225 e. The van der Waals surface area contributed by atoms with Crippen molar-refractivity contribution in [1.29, 1.82) is 0 Å². The number of carbonyl (C=O) groups excluding carboxylic acids is 2. The van der Waals surface area contributed by atoms with Gasteiger partial charge in [-0.1, -0.05) is 6.92 Å². The third kappa shape index (κ3) is 4.43. The van der Waals surface area contributed by atoms with Crippen molar-refractivity contribution in [3.8, 4) is 5.75 Å². The number of rotatable bonds is 5. The minimum atomic E-state index is -0.340. The van der Waals surface area contributed by atoms with E-state index >= 15 is 0 Å². The average molecular weight is 322 g/mol. The number of piperazine rings is 1. The van der Waals surface area contributed by atoms with Gasteiger partial charge < -0.3 is 19.3 Å². The maximum atomic E-state index is 13.6. The fourth-order valence-electron chi connectivity index (χ4n) is 2.86. The van der Waals surface area contributed by atoms with Crippen molar-refractivity contribution in [2.75, 3.05) is 38.2 Å². The molecule has 0 N–H and O–H groups in total. The molecular formula is C17H23FN2O3. The molecule has 0 aliphatic carbocycles. The molecule has 2 rings (SSSR count). The van der Waals surface area contributed by atoms with Crippen LogP contribution in [0.15, 0.2) is 18.2 Å². The van der Waals surface area contributed by atoms with E-state index in [1.807, 2.05) is 4.90 Å². The molecule has 0 saturated carbocycles. The third-order valence-electron chi connectivity index (χ3n) is 4.06. The zero-order valence-electron chi connectivity index (χ0n) is 13.8. The number of anilines is 1. The van der Waals surface area contributed by atoms with Crippen LogP contribution in [0.3, 0.4) is 0 Å². The van der Waals surface area contributed by atoms with Crippen molar-refractivity contribution in [3.05, 3.63) is 24.0 Å². The number of benzene rings is 1. The summed E-state index contributed by atoms with van der Waals surface area (Å²) in [7, 11) is 1.51. The van der Waals surface area contributed by atoms with Crippen LogP contribution in [0.25, 0.3) is 0 Å². The quantitative estimate of drug-likeness (QED) is 0.833. The van der Waals surface area contributed by atoms with Gasteiger partial charge in [-0.2, -0.15) is 0 Å². The van der Waals surface area contributed by atoms with E-state index in [0.29, 0.717) is 31.9 Å². The van der Waals surface area contributed by atoms with Gasteiger partial charge in [0.05, 0.1) is 7.11 Å². The van der Waals surface area contributed by atoms with Crippen LogP contribution in [-0.4, -0.2) is 49.9 Å². The van der Waals surface area contributed by atoms with Crippen LogP contribution < -0.4 is 9.64 Å². The molecule has 6 heteroatoms. The largest absolute Gasteiger partial charge is 0.497 e. The first-order chi connectivity index (χ1) is 10.9. The van der Waals surface area contributed by atoms with Crippen molar-refractivity contribution in [2.45, 2.75) is 20.3 Å². The van der Waals surface area contributed by atoms with Gasteiger partial charge in [-0.25, -0.2) is 4.39 Å². The second-order valence-electron chi connectivity index (χ2n) is 5.97. The van der Waals surface area contributed by atoms with E-state index in [-0.39, 0.29) is 29.8 Å². The van der Waals surface area contributed by atoms with E-state index in [2.05, 4.69) is 0 Å². The molecule has 1 amide bonds. The predicted octanol–water partition coefficient (Wildman–Crippen LogP) is 2.10. The molecule has 1 aliphatic heterocycles. The van der Waals surface area contributed by atoms with Gasteiger partial charge in [0.2, 0.25) is 5.91 Å². The Morgan fingerprint density at radius 1 is 1.22 bits per heavy atom. The predicted molar refractivity (Wildman–Crippen MR) is 86.2 cm³/mol. The lowest BCUT2D eigenvalue weighted by atomic mass is 10.0. The molecule has 0 aromatic heterocycles. The first-order valence-electron chi connectivity index (χ1n) is 7.78. The maximum absolute atomic E-state index is 13.6. The van der Waals surface area contributed by atoms with Crippen molar-refractivity contribution in [3.63, 3.8) is 0 Å². The van der Waals surface area contributed by atoms with Gasteiger partial charge in [-0.15, -0.1) is 0 Å². The summed E-state index contributed by atoms with van der Waals surface area (Å²) >= 11 is 0. The summed E-state index contributed by atoms with van der Waals surface area (Å²) in [4.78, 5) is 27.3. The fraction of sp³-hybridized carbons (Fsp3) is 0.529. The second kappa shape index (κ2) is 7.44. The molecule has 126 valence electrons. The lowest BCUT2D eigenvalue weighted by molar-refractivity contribution is -0.137. The SMILES string of the molecule is COc1cc(F)cc(N2CCN(C(=O)C(C)CC(C)=O)CC2)c1. The van der Waals surface area contributed by atoms with Gasteiger partial charge in [0, 0.05) is 56.3 Å². The number of methoxy groups -OCH3 is 1. The highest BCUT2D eigenvalue weighted by Crippen LogP contribution is 2.24. The Morgan fingerprint density at radius 2 is 1.87 bits per heavy atom. The molecule has 1 unspecified atom stereocenters. The van der Waals surface area contributed by atoms with Gasteiger partial charge in [0.25, 0.3) is 0 Å². The summed E-state index contributed by atoms with van der Waals surface area (Å²) in [6.45, 7) is 5.68. The molecule has 1 heterocycles. The Morgan fingerprint density at radius 3 is 2.43 bits per heavy atom. The van der Waals surface area contributed by atoms with Gasteiger partial charge in [0.15, 0.2) is 0 Å². The molecule has 0 radical (unpaired) electrons. The van der Waals surface area contributed by atoms with Crippen LogP contribution in [0.1, 0.15) is 20.3 Å². The van der Waals surface area contributed by atoms with E-state index in [9.17, 15) is 14.0 Å². The van der Waals surface area contributed by atoms with Crippen LogP contribution >= 0.6 is 0 Å². The van der Waals surface area contributed by atoms with Gasteiger partial charge in [-0.3, -0.25) is 4.79 Å². The van der Waals surface area contributed by atoms with E-state index < -0.39 is 0 Å². The molecule has 1 aliphatic rings. The van der Waals surface area contributed by atoms with Crippen LogP contribution in [0.5, 0.6) is 5.75 Å². The van der Waals surface area contributed by atoms with Crippen molar-refractivity contribution >= 4 is 17.4 Å². The van der Waals surface area contributed by atoms with E-state index in [1.54, 1.807) is 17.9 Å². The molecule has 1 aromatic carbocycles. The lowest BCUT2D eigenvalue weighted by Crippen LogP contribution is -2.50. The topological polar surface area (TPSA) is 49.9 Å². The zero-order chi connectivity index (χ0) is 17.0.